The van der Waals surface area contributed by atoms with Gasteiger partial charge in [-0.25, -0.2) is 4.68 Å². The normalized spacial score (nSPS) is 10.9. The fourth-order valence-corrected chi connectivity index (χ4v) is 1.91. The summed E-state index contributed by atoms with van der Waals surface area (Å²) in [6, 6.07) is 9.62. The summed E-state index contributed by atoms with van der Waals surface area (Å²) in [6.45, 7) is 1.92. The minimum atomic E-state index is 0.588. The van der Waals surface area contributed by atoms with Gasteiger partial charge in [0.05, 0.1) is 21.9 Å². The third kappa shape index (κ3) is 1.66. The van der Waals surface area contributed by atoms with E-state index in [-0.39, 0.29) is 0 Å². The summed E-state index contributed by atoms with van der Waals surface area (Å²) >= 11 is 5.96. The molecule has 0 fully saturated rings. The predicted molar refractivity (Wildman–Crippen MR) is 66.4 cm³/mol. The van der Waals surface area contributed by atoms with Crippen LogP contribution in [0.2, 0.25) is 5.02 Å². The van der Waals surface area contributed by atoms with Crippen molar-refractivity contribution in [2.24, 2.45) is 0 Å². The first-order valence-electron chi connectivity index (χ1n) is 5.18. The highest BCUT2D eigenvalue weighted by atomic mass is 35.5. The van der Waals surface area contributed by atoms with Gasteiger partial charge >= 0.3 is 0 Å². The number of halogens is 1. The SMILES string of the molecule is Cc1ncc(Cl)cc1-n1nnc2ccccc21. The van der Waals surface area contributed by atoms with Crippen molar-refractivity contribution < 1.29 is 0 Å². The summed E-state index contributed by atoms with van der Waals surface area (Å²) in [5, 5.41) is 8.83. The molecule has 2 heterocycles. The summed E-state index contributed by atoms with van der Waals surface area (Å²) in [5.41, 5.74) is 3.52. The number of rotatable bonds is 1. The van der Waals surface area contributed by atoms with Gasteiger partial charge in [-0.05, 0) is 25.1 Å². The molecule has 0 aliphatic heterocycles. The third-order valence-corrected chi connectivity index (χ3v) is 2.81. The van der Waals surface area contributed by atoms with Gasteiger partial charge in [0.1, 0.15) is 5.52 Å². The van der Waals surface area contributed by atoms with E-state index in [4.69, 9.17) is 11.6 Å². The lowest BCUT2D eigenvalue weighted by Crippen LogP contribution is -2.00. The summed E-state index contributed by atoms with van der Waals surface area (Å²) < 4.78 is 1.75. The van der Waals surface area contributed by atoms with Crippen LogP contribution in [0, 0.1) is 6.92 Å². The smallest absolute Gasteiger partial charge is 0.113 e. The first kappa shape index (κ1) is 10.2. The van der Waals surface area contributed by atoms with Crippen LogP contribution >= 0.6 is 11.6 Å². The Morgan fingerprint density at radius 1 is 1.24 bits per heavy atom. The molecule has 0 bridgehead atoms. The number of pyridine rings is 1. The average Bonchev–Trinajstić information content (AvgIpc) is 2.76. The van der Waals surface area contributed by atoms with E-state index >= 15 is 0 Å². The fraction of sp³-hybridized carbons (Fsp3) is 0.0833. The molecule has 0 saturated heterocycles. The van der Waals surface area contributed by atoms with Crippen LogP contribution in [0.25, 0.3) is 16.7 Å². The van der Waals surface area contributed by atoms with E-state index in [2.05, 4.69) is 15.3 Å². The molecule has 3 aromatic rings. The van der Waals surface area contributed by atoms with E-state index < -0.39 is 0 Å². The van der Waals surface area contributed by atoms with E-state index in [0.717, 1.165) is 22.4 Å². The molecule has 1 aromatic carbocycles. The van der Waals surface area contributed by atoms with E-state index in [0.29, 0.717) is 5.02 Å². The third-order valence-electron chi connectivity index (χ3n) is 2.61. The van der Waals surface area contributed by atoms with E-state index in [1.165, 1.54) is 0 Å². The molecular weight excluding hydrogens is 236 g/mol. The summed E-state index contributed by atoms with van der Waals surface area (Å²) in [7, 11) is 0. The van der Waals surface area contributed by atoms with Crippen LogP contribution in [0.5, 0.6) is 0 Å². The number of nitrogens with zero attached hydrogens (tertiary/aromatic N) is 4. The molecule has 2 aromatic heterocycles. The molecule has 3 rings (SSSR count). The zero-order valence-electron chi connectivity index (χ0n) is 9.13. The van der Waals surface area contributed by atoms with Gasteiger partial charge in [0.25, 0.3) is 0 Å². The van der Waals surface area contributed by atoms with Crippen molar-refractivity contribution in [1.29, 1.82) is 0 Å². The first-order valence-corrected chi connectivity index (χ1v) is 5.56. The quantitative estimate of drug-likeness (QED) is 0.661. The summed E-state index contributed by atoms with van der Waals surface area (Å²) in [6.07, 6.45) is 1.62. The van der Waals surface area contributed by atoms with Crippen LogP contribution in [0.3, 0.4) is 0 Å². The van der Waals surface area contributed by atoms with Gasteiger partial charge in [0.15, 0.2) is 0 Å². The van der Waals surface area contributed by atoms with Gasteiger partial charge in [-0.15, -0.1) is 5.10 Å². The lowest BCUT2D eigenvalue weighted by atomic mass is 10.3. The number of hydrogen-bond acceptors (Lipinski definition) is 3. The van der Waals surface area contributed by atoms with E-state index in [1.54, 1.807) is 10.9 Å². The molecule has 0 radical (unpaired) electrons. The highest BCUT2D eigenvalue weighted by Gasteiger charge is 2.09. The maximum atomic E-state index is 5.96. The highest BCUT2D eigenvalue weighted by molar-refractivity contribution is 6.30. The number of aromatic nitrogens is 4. The Morgan fingerprint density at radius 2 is 2.06 bits per heavy atom. The zero-order chi connectivity index (χ0) is 11.8. The number of aryl methyl sites for hydroxylation is 1. The summed E-state index contributed by atoms with van der Waals surface area (Å²) in [4.78, 5) is 4.22. The molecule has 17 heavy (non-hydrogen) atoms. The van der Waals surface area contributed by atoms with Crippen LogP contribution in [0.15, 0.2) is 36.5 Å². The Kier molecular flexibility index (Phi) is 2.30. The Morgan fingerprint density at radius 3 is 2.94 bits per heavy atom. The molecule has 4 nitrogen and oxygen atoms in total. The topological polar surface area (TPSA) is 43.6 Å². The van der Waals surface area contributed by atoms with Gasteiger partial charge < -0.3 is 0 Å². The number of hydrogen-bond donors (Lipinski definition) is 0. The standard InChI is InChI=1S/C12H9ClN4/c1-8-12(6-9(13)7-14-8)17-11-5-3-2-4-10(11)15-16-17/h2-7H,1H3. The van der Waals surface area contributed by atoms with Gasteiger partial charge in [-0.3, -0.25) is 4.98 Å². The minimum absolute atomic E-state index is 0.588. The second-order valence-corrected chi connectivity index (χ2v) is 4.18. The minimum Gasteiger partial charge on any atom is -0.258 e. The second kappa shape index (κ2) is 3.82. The zero-order valence-corrected chi connectivity index (χ0v) is 9.89. The van der Waals surface area contributed by atoms with Crippen LogP contribution in [0.1, 0.15) is 5.69 Å². The highest BCUT2D eigenvalue weighted by Crippen LogP contribution is 2.20. The fourth-order valence-electron chi connectivity index (χ4n) is 1.76. The Hall–Kier alpha value is -1.94. The Bertz CT molecular complexity index is 690. The molecule has 84 valence electrons. The lowest BCUT2D eigenvalue weighted by molar-refractivity contribution is 0.812. The second-order valence-electron chi connectivity index (χ2n) is 3.75. The molecule has 0 spiro atoms. The molecular formula is C12H9ClN4. The molecule has 0 aliphatic carbocycles. The van der Waals surface area contributed by atoms with Gasteiger partial charge in [-0.1, -0.05) is 28.9 Å². The number of fused-ring (bicyclic) bond motifs is 1. The monoisotopic (exact) mass is 244 g/mol. The van der Waals surface area contributed by atoms with Crippen molar-refractivity contribution in [2.45, 2.75) is 6.92 Å². The molecule has 0 unspecified atom stereocenters. The molecule has 0 N–H and O–H groups in total. The molecule has 0 amide bonds. The Balaban J connectivity index is 2.31. The van der Waals surface area contributed by atoms with Crippen molar-refractivity contribution in [1.82, 2.24) is 20.0 Å². The molecule has 5 heteroatoms. The maximum absolute atomic E-state index is 5.96. The average molecular weight is 245 g/mol. The lowest BCUT2D eigenvalue weighted by Gasteiger charge is -2.05. The Labute approximate surface area is 103 Å². The summed E-state index contributed by atoms with van der Waals surface area (Å²) in [5.74, 6) is 0. The molecule has 0 atom stereocenters. The molecule has 0 aliphatic rings. The van der Waals surface area contributed by atoms with Crippen LogP contribution in [-0.4, -0.2) is 20.0 Å². The van der Waals surface area contributed by atoms with Crippen molar-refractivity contribution in [2.75, 3.05) is 0 Å². The predicted octanol–water partition coefficient (Wildman–Crippen LogP) is 2.78. The van der Waals surface area contributed by atoms with Crippen molar-refractivity contribution in [3.63, 3.8) is 0 Å². The van der Waals surface area contributed by atoms with Crippen molar-refractivity contribution >= 4 is 22.6 Å². The van der Waals surface area contributed by atoms with Crippen LogP contribution in [0.4, 0.5) is 0 Å². The molecule has 0 saturated carbocycles. The van der Waals surface area contributed by atoms with Gasteiger partial charge in [0, 0.05) is 6.20 Å². The van der Waals surface area contributed by atoms with Crippen LogP contribution in [-0.2, 0) is 0 Å². The first-order chi connectivity index (χ1) is 8.25. The van der Waals surface area contributed by atoms with Crippen LogP contribution < -0.4 is 0 Å². The van der Waals surface area contributed by atoms with Gasteiger partial charge in [0.2, 0.25) is 0 Å². The largest absolute Gasteiger partial charge is 0.258 e. The maximum Gasteiger partial charge on any atom is 0.113 e. The van der Waals surface area contributed by atoms with E-state index in [1.807, 2.05) is 37.3 Å². The number of benzene rings is 1. The van der Waals surface area contributed by atoms with E-state index in [9.17, 15) is 0 Å². The van der Waals surface area contributed by atoms with Crippen molar-refractivity contribution in [3.05, 3.63) is 47.2 Å². The van der Waals surface area contributed by atoms with Gasteiger partial charge in [-0.2, -0.15) is 0 Å². The van der Waals surface area contributed by atoms with Crippen molar-refractivity contribution in [3.8, 4) is 5.69 Å². The number of para-hydroxylation sites is 1.